The van der Waals surface area contributed by atoms with Gasteiger partial charge < -0.3 is 4.74 Å². The van der Waals surface area contributed by atoms with Crippen molar-refractivity contribution in [2.75, 3.05) is 0 Å². The number of carbonyl (C=O) groups excluding carboxylic acids is 3. The Morgan fingerprint density at radius 3 is 2.12 bits per heavy atom. The smallest absolute Gasteiger partial charge is 0.335 e. The number of carbonyl (C=O) groups is 3. The van der Waals surface area contributed by atoms with E-state index in [1.54, 1.807) is 63.2 Å². The van der Waals surface area contributed by atoms with Gasteiger partial charge in [0, 0.05) is 5.02 Å². The molecular weight excluding hydrogens is 354 g/mol. The molecule has 0 saturated carbocycles. The molecule has 134 valence electrons. The average Bonchev–Trinajstić information content (AvgIpc) is 2.83. The van der Waals surface area contributed by atoms with Gasteiger partial charge in [-0.1, -0.05) is 37.6 Å². The van der Waals surface area contributed by atoms with Crippen LogP contribution in [0.4, 0.5) is 0 Å². The molecule has 0 aromatic heterocycles. The zero-order valence-electron chi connectivity index (χ0n) is 14.7. The van der Waals surface area contributed by atoms with Crippen LogP contribution >= 0.6 is 11.6 Å². The lowest BCUT2D eigenvalue weighted by Gasteiger charge is -2.27. The van der Waals surface area contributed by atoms with E-state index < -0.39 is 23.8 Å². The van der Waals surface area contributed by atoms with Crippen LogP contribution in [0.15, 0.2) is 42.5 Å². The summed E-state index contributed by atoms with van der Waals surface area (Å²) in [6, 6.07) is 10.4. The number of rotatable bonds is 4. The molecule has 1 atom stereocenters. The molecule has 2 aromatic rings. The van der Waals surface area contributed by atoms with Crippen LogP contribution in [0, 0.1) is 12.8 Å². The number of fused-ring (bicyclic) bond motifs is 1. The Morgan fingerprint density at radius 2 is 1.62 bits per heavy atom. The maximum atomic E-state index is 12.8. The number of aryl methyl sites for hydroxylation is 1. The van der Waals surface area contributed by atoms with Gasteiger partial charge in [-0.3, -0.25) is 14.5 Å². The molecule has 0 bridgehead atoms. The zero-order chi connectivity index (χ0) is 19.0. The number of ether oxygens (including phenoxy) is 1. The lowest BCUT2D eigenvalue weighted by Crippen LogP contribution is -2.49. The van der Waals surface area contributed by atoms with Gasteiger partial charge >= 0.3 is 5.97 Å². The van der Waals surface area contributed by atoms with Gasteiger partial charge in [0.2, 0.25) is 0 Å². The highest BCUT2D eigenvalue weighted by molar-refractivity contribution is 6.30. The van der Waals surface area contributed by atoms with E-state index >= 15 is 0 Å². The minimum atomic E-state index is -1.02. The Labute approximate surface area is 156 Å². The molecule has 3 rings (SSSR count). The van der Waals surface area contributed by atoms with E-state index in [4.69, 9.17) is 16.3 Å². The number of esters is 1. The number of imide groups is 1. The van der Waals surface area contributed by atoms with Crippen molar-refractivity contribution in [3.8, 4) is 5.75 Å². The summed E-state index contributed by atoms with van der Waals surface area (Å²) in [5, 5.41) is 0.531. The summed E-state index contributed by atoms with van der Waals surface area (Å²) >= 11 is 5.92. The lowest BCUT2D eigenvalue weighted by atomic mass is 10.0. The standard InChI is InChI=1S/C20H18ClNO4/c1-11(2)17(20(25)26-16-9-8-13(21)10-12(16)3)22-18(23)14-6-4-5-7-15(14)19(22)24/h4-11,17H,1-3H3. The van der Waals surface area contributed by atoms with Crippen LogP contribution in [-0.2, 0) is 4.79 Å². The summed E-state index contributed by atoms with van der Waals surface area (Å²) < 4.78 is 5.49. The molecule has 5 nitrogen and oxygen atoms in total. The van der Waals surface area contributed by atoms with Gasteiger partial charge in [-0.15, -0.1) is 0 Å². The predicted octanol–water partition coefficient (Wildman–Crippen LogP) is 3.87. The van der Waals surface area contributed by atoms with Gasteiger partial charge in [0.05, 0.1) is 11.1 Å². The normalized spacial score (nSPS) is 14.6. The van der Waals surface area contributed by atoms with Crippen LogP contribution in [0.25, 0.3) is 0 Å². The Balaban J connectivity index is 1.92. The Morgan fingerprint density at radius 1 is 1.04 bits per heavy atom. The van der Waals surface area contributed by atoms with E-state index in [1.807, 2.05) is 0 Å². The molecule has 2 amide bonds. The predicted molar refractivity (Wildman–Crippen MR) is 97.4 cm³/mol. The van der Waals surface area contributed by atoms with Crippen molar-refractivity contribution in [1.82, 2.24) is 4.90 Å². The highest BCUT2D eigenvalue weighted by atomic mass is 35.5. The largest absolute Gasteiger partial charge is 0.425 e. The van der Waals surface area contributed by atoms with Gasteiger partial charge in [0.1, 0.15) is 11.8 Å². The average molecular weight is 372 g/mol. The first-order chi connectivity index (χ1) is 12.3. The van der Waals surface area contributed by atoms with E-state index in [0.717, 1.165) is 4.90 Å². The third kappa shape index (κ3) is 3.10. The van der Waals surface area contributed by atoms with Crippen LogP contribution in [-0.4, -0.2) is 28.7 Å². The zero-order valence-corrected chi connectivity index (χ0v) is 15.4. The van der Waals surface area contributed by atoms with Crippen molar-refractivity contribution < 1.29 is 19.1 Å². The second-order valence-electron chi connectivity index (χ2n) is 6.55. The molecule has 0 saturated heterocycles. The van der Waals surface area contributed by atoms with Crippen molar-refractivity contribution in [2.24, 2.45) is 5.92 Å². The molecule has 0 N–H and O–H groups in total. The quantitative estimate of drug-likeness (QED) is 0.465. The summed E-state index contributed by atoms with van der Waals surface area (Å²) in [6.07, 6.45) is 0. The summed E-state index contributed by atoms with van der Waals surface area (Å²) in [7, 11) is 0. The second-order valence-corrected chi connectivity index (χ2v) is 6.98. The highest BCUT2D eigenvalue weighted by Gasteiger charge is 2.44. The number of hydrogen-bond donors (Lipinski definition) is 0. The van der Waals surface area contributed by atoms with Crippen molar-refractivity contribution in [3.63, 3.8) is 0 Å². The van der Waals surface area contributed by atoms with Crippen LogP contribution in [0.5, 0.6) is 5.75 Å². The van der Waals surface area contributed by atoms with Gasteiger partial charge in [-0.25, -0.2) is 4.79 Å². The van der Waals surface area contributed by atoms with Crippen molar-refractivity contribution >= 4 is 29.4 Å². The van der Waals surface area contributed by atoms with Gasteiger partial charge in [0.15, 0.2) is 0 Å². The van der Waals surface area contributed by atoms with E-state index in [9.17, 15) is 14.4 Å². The Hall–Kier alpha value is -2.66. The first-order valence-electron chi connectivity index (χ1n) is 8.26. The molecular formula is C20H18ClNO4. The molecule has 1 unspecified atom stereocenters. The minimum absolute atomic E-state index is 0.304. The summed E-state index contributed by atoms with van der Waals surface area (Å²) in [5.74, 6) is -1.57. The van der Waals surface area contributed by atoms with E-state index in [1.165, 1.54) is 0 Å². The summed E-state index contributed by atoms with van der Waals surface area (Å²) in [4.78, 5) is 39.2. The molecule has 0 spiro atoms. The van der Waals surface area contributed by atoms with Gasteiger partial charge in [-0.2, -0.15) is 0 Å². The highest BCUT2D eigenvalue weighted by Crippen LogP contribution is 2.29. The number of amides is 2. The molecule has 6 heteroatoms. The Bertz CT molecular complexity index is 871. The van der Waals surface area contributed by atoms with Crippen LogP contribution in [0.2, 0.25) is 5.02 Å². The fourth-order valence-corrected chi connectivity index (χ4v) is 3.26. The summed E-state index contributed by atoms with van der Waals surface area (Å²) in [6.45, 7) is 5.30. The number of hydrogen-bond acceptors (Lipinski definition) is 4. The van der Waals surface area contributed by atoms with Crippen LogP contribution < -0.4 is 4.74 Å². The molecule has 0 fully saturated rings. The fraction of sp³-hybridized carbons (Fsp3) is 0.250. The molecule has 1 heterocycles. The van der Waals surface area contributed by atoms with Crippen molar-refractivity contribution in [1.29, 1.82) is 0 Å². The fourth-order valence-electron chi connectivity index (χ4n) is 3.03. The van der Waals surface area contributed by atoms with Crippen LogP contribution in [0.1, 0.15) is 40.1 Å². The maximum Gasteiger partial charge on any atom is 0.335 e. The molecule has 1 aliphatic heterocycles. The SMILES string of the molecule is Cc1cc(Cl)ccc1OC(=O)C(C(C)C)N1C(=O)c2ccccc2C1=O. The molecule has 0 aliphatic carbocycles. The number of nitrogens with zero attached hydrogens (tertiary/aromatic N) is 1. The topological polar surface area (TPSA) is 63.7 Å². The molecule has 2 aromatic carbocycles. The van der Waals surface area contributed by atoms with Gasteiger partial charge in [0.25, 0.3) is 11.8 Å². The Kier molecular flexibility index (Phi) is 4.83. The summed E-state index contributed by atoms with van der Waals surface area (Å²) in [5.41, 5.74) is 1.30. The first kappa shape index (κ1) is 18.1. The first-order valence-corrected chi connectivity index (χ1v) is 8.64. The van der Waals surface area contributed by atoms with Crippen molar-refractivity contribution in [2.45, 2.75) is 26.8 Å². The van der Waals surface area contributed by atoms with Crippen molar-refractivity contribution in [3.05, 3.63) is 64.2 Å². The second kappa shape index (κ2) is 6.92. The van der Waals surface area contributed by atoms with E-state index in [0.29, 0.717) is 27.5 Å². The monoisotopic (exact) mass is 371 g/mol. The number of benzene rings is 2. The maximum absolute atomic E-state index is 12.8. The molecule has 0 radical (unpaired) electrons. The molecule has 1 aliphatic rings. The number of halogens is 1. The minimum Gasteiger partial charge on any atom is -0.425 e. The molecule has 26 heavy (non-hydrogen) atoms. The van der Waals surface area contributed by atoms with Gasteiger partial charge in [-0.05, 0) is 48.7 Å². The van der Waals surface area contributed by atoms with E-state index in [2.05, 4.69) is 0 Å². The third-order valence-electron chi connectivity index (χ3n) is 4.32. The van der Waals surface area contributed by atoms with Crippen LogP contribution in [0.3, 0.4) is 0 Å². The third-order valence-corrected chi connectivity index (χ3v) is 4.56. The lowest BCUT2D eigenvalue weighted by molar-refractivity contribution is -0.140. The van der Waals surface area contributed by atoms with E-state index in [-0.39, 0.29) is 5.92 Å².